The smallest absolute Gasteiger partial charge is 0.255 e. The molecule has 11 rings (SSSR count). The van der Waals surface area contributed by atoms with Crippen molar-refractivity contribution in [3.63, 3.8) is 0 Å². The fourth-order valence-electron chi connectivity index (χ4n) is 11.3. The summed E-state index contributed by atoms with van der Waals surface area (Å²) in [5, 5.41) is 12.6. The maximum absolute atomic E-state index is 13.4. The van der Waals surface area contributed by atoms with Gasteiger partial charge in [-0.05, 0) is 89.4 Å². The highest BCUT2D eigenvalue weighted by Gasteiger charge is 2.44. The molecule has 4 aromatic carbocycles. The van der Waals surface area contributed by atoms with Crippen LogP contribution in [-0.4, -0.2) is 110 Å². The first kappa shape index (κ1) is 38.5. The molecular formula is C49H53N5O7. The van der Waals surface area contributed by atoms with Crippen LogP contribution < -0.4 is 19.9 Å². The van der Waals surface area contributed by atoms with Gasteiger partial charge in [0.2, 0.25) is 11.8 Å². The van der Waals surface area contributed by atoms with E-state index in [2.05, 4.69) is 86.7 Å². The van der Waals surface area contributed by atoms with E-state index in [0.717, 1.165) is 82.0 Å². The molecule has 1 aliphatic carbocycles. The highest BCUT2D eigenvalue weighted by atomic mass is 16.7. The van der Waals surface area contributed by atoms with Crippen molar-refractivity contribution in [1.82, 2.24) is 15.1 Å². The number of imide groups is 1. The minimum absolute atomic E-state index is 0.180. The molecule has 4 saturated heterocycles. The minimum atomic E-state index is -0.634. The standard InChI is InChI=1S/C49H53N5O7/c55-38-11-13-40-34(22-38)8-12-39(32-4-2-1-3-5-32)46(40)33-6-9-36(10-7-33)52-18-16-49(17-19-52)60-28-31(29-61-49)25-51-20-21-53-37(27-51)30-59-44-24-41-35(23-43(44)53)26-54(48(41)58)42-14-15-45(56)50-47(42)57/h1-7,9-11,13,22-24,31,37,39,42,46,55H,8,12,14-21,25-30H2,(H,50,56,57)/t37-,39+,42?,46-/m0/s1. The van der Waals surface area contributed by atoms with Crippen molar-refractivity contribution in [2.75, 3.05) is 68.9 Å². The van der Waals surface area contributed by atoms with E-state index in [0.29, 0.717) is 55.9 Å². The van der Waals surface area contributed by atoms with E-state index in [1.54, 1.807) is 4.90 Å². The van der Waals surface area contributed by atoms with E-state index in [4.69, 9.17) is 14.2 Å². The number of piperidine rings is 2. The minimum Gasteiger partial charge on any atom is -0.508 e. The third kappa shape index (κ3) is 7.12. The highest BCUT2D eigenvalue weighted by molar-refractivity contribution is 6.06. The lowest BCUT2D eigenvalue weighted by Gasteiger charge is -2.48. The number of phenolic OH excluding ortho intramolecular Hbond substituents is 1. The number of nitrogens with zero attached hydrogens (tertiary/aromatic N) is 4. The number of rotatable bonds is 6. The Labute approximate surface area is 356 Å². The van der Waals surface area contributed by atoms with Gasteiger partial charge < -0.3 is 34.0 Å². The summed E-state index contributed by atoms with van der Waals surface area (Å²) < 4.78 is 19.5. The molecule has 316 valence electrons. The SMILES string of the molecule is O=C1CCC(N2Cc3cc4c(cc3C2=O)OC[C@@H]2CN(CC3COC5(CCN(c6ccc([C@@H]7c8ccc(O)cc8CC[C@@H]7c7ccccc7)cc6)CC5)OC3)CCN42)C(=O)N1. The third-order valence-electron chi connectivity index (χ3n) is 14.6. The van der Waals surface area contributed by atoms with Crippen LogP contribution in [-0.2, 0) is 32.0 Å². The molecule has 12 nitrogen and oxygen atoms in total. The average Bonchev–Trinajstić information content (AvgIpc) is 3.60. The summed E-state index contributed by atoms with van der Waals surface area (Å²) in [5.74, 6) is 0.568. The topological polar surface area (TPSA) is 124 Å². The summed E-state index contributed by atoms with van der Waals surface area (Å²) in [6.07, 6.45) is 4.25. The van der Waals surface area contributed by atoms with Gasteiger partial charge in [-0.25, -0.2) is 0 Å². The van der Waals surface area contributed by atoms with Crippen molar-refractivity contribution < 1.29 is 33.7 Å². The Hall–Kier alpha value is -5.43. The summed E-state index contributed by atoms with van der Waals surface area (Å²) >= 11 is 0. The second-order valence-corrected chi connectivity index (χ2v) is 18.2. The van der Waals surface area contributed by atoms with Gasteiger partial charge in [-0.3, -0.25) is 24.6 Å². The molecule has 6 heterocycles. The van der Waals surface area contributed by atoms with Crippen LogP contribution in [0.4, 0.5) is 11.4 Å². The van der Waals surface area contributed by atoms with Crippen LogP contribution in [0.25, 0.3) is 0 Å². The molecule has 4 fully saturated rings. The van der Waals surface area contributed by atoms with E-state index in [9.17, 15) is 19.5 Å². The van der Waals surface area contributed by atoms with Crippen LogP contribution >= 0.6 is 0 Å². The second-order valence-electron chi connectivity index (χ2n) is 18.2. The van der Waals surface area contributed by atoms with Gasteiger partial charge >= 0.3 is 0 Å². The van der Waals surface area contributed by atoms with Crippen LogP contribution in [0.1, 0.15) is 82.1 Å². The molecule has 0 saturated carbocycles. The molecule has 1 unspecified atom stereocenters. The van der Waals surface area contributed by atoms with E-state index in [-0.39, 0.29) is 30.2 Å². The first-order chi connectivity index (χ1) is 29.8. The zero-order chi connectivity index (χ0) is 41.2. The fraction of sp³-hybridized carbons (Fsp3) is 0.449. The van der Waals surface area contributed by atoms with Crippen molar-refractivity contribution in [1.29, 1.82) is 0 Å². The quantitative estimate of drug-likeness (QED) is 0.239. The number of fused-ring (bicyclic) bond motifs is 5. The number of amides is 3. The molecule has 7 aliphatic rings. The number of aryl methyl sites for hydroxylation is 1. The van der Waals surface area contributed by atoms with E-state index >= 15 is 0 Å². The number of ether oxygens (including phenoxy) is 3. The number of hydrogen-bond donors (Lipinski definition) is 2. The van der Waals surface area contributed by atoms with Crippen LogP contribution in [0, 0.1) is 5.92 Å². The summed E-state index contributed by atoms with van der Waals surface area (Å²) in [6, 6.07) is 29.4. The Morgan fingerprint density at radius 1 is 0.770 bits per heavy atom. The molecule has 61 heavy (non-hydrogen) atoms. The summed E-state index contributed by atoms with van der Waals surface area (Å²) in [5.41, 5.74) is 8.96. The predicted molar refractivity (Wildman–Crippen MR) is 229 cm³/mol. The number of carbonyl (C=O) groups excluding carboxylic acids is 3. The van der Waals surface area contributed by atoms with Gasteiger partial charge in [-0.15, -0.1) is 0 Å². The van der Waals surface area contributed by atoms with Gasteiger partial charge in [0, 0.05) is 88.2 Å². The Morgan fingerprint density at radius 3 is 2.36 bits per heavy atom. The first-order valence-electron chi connectivity index (χ1n) is 22.2. The van der Waals surface area contributed by atoms with Gasteiger partial charge in [-0.1, -0.05) is 48.5 Å². The van der Waals surface area contributed by atoms with Crippen LogP contribution in [0.3, 0.4) is 0 Å². The van der Waals surface area contributed by atoms with Gasteiger partial charge in [0.15, 0.2) is 5.79 Å². The molecule has 3 amide bonds. The van der Waals surface area contributed by atoms with Crippen molar-refractivity contribution >= 4 is 29.1 Å². The predicted octanol–water partition coefficient (Wildman–Crippen LogP) is 5.56. The molecule has 4 atom stereocenters. The number of hydrogen-bond acceptors (Lipinski definition) is 10. The molecular weight excluding hydrogens is 771 g/mol. The van der Waals surface area contributed by atoms with Crippen molar-refractivity contribution in [3.05, 3.63) is 118 Å². The van der Waals surface area contributed by atoms with Crippen LogP contribution in [0.2, 0.25) is 0 Å². The number of benzene rings is 4. The van der Waals surface area contributed by atoms with Gasteiger partial charge in [-0.2, -0.15) is 0 Å². The number of phenols is 1. The largest absolute Gasteiger partial charge is 0.508 e. The van der Waals surface area contributed by atoms with Gasteiger partial charge in [0.05, 0.1) is 24.9 Å². The molecule has 0 bridgehead atoms. The second kappa shape index (κ2) is 15.5. The maximum atomic E-state index is 13.4. The molecule has 6 aliphatic heterocycles. The Balaban J connectivity index is 0.680. The van der Waals surface area contributed by atoms with Crippen molar-refractivity contribution in [3.8, 4) is 11.5 Å². The zero-order valence-electron chi connectivity index (χ0n) is 34.5. The zero-order valence-corrected chi connectivity index (χ0v) is 34.5. The summed E-state index contributed by atoms with van der Waals surface area (Å²) in [7, 11) is 0. The van der Waals surface area contributed by atoms with Crippen LogP contribution in [0.15, 0.2) is 84.9 Å². The molecule has 12 heteroatoms. The van der Waals surface area contributed by atoms with Gasteiger partial charge in [0.25, 0.3) is 5.91 Å². The third-order valence-corrected chi connectivity index (χ3v) is 14.6. The lowest BCUT2D eigenvalue weighted by molar-refractivity contribution is -0.291. The first-order valence-corrected chi connectivity index (χ1v) is 22.2. The van der Waals surface area contributed by atoms with E-state index in [1.165, 1.54) is 27.9 Å². The fourth-order valence-corrected chi connectivity index (χ4v) is 11.3. The average molecular weight is 824 g/mol. The maximum Gasteiger partial charge on any atom is 0.255 e. The van der Waals surface area contributed by atoms with Crippen LogP contribution in [0.5, 0.6) is 11.5 Å². The number of anilines is 2. The molecule has 4 aromatic rings. The Kier molecular flexibility index (Phi) is 9.77. The molecule has 1 spiro atoms. The van der Waals surface area contributed by atoms with E-state index < -0.39 is 17.7 Å². The van der Waals surface area contributed by atoms with Crippen molar-refractivity contribution in [2.24, 2.45) is 5.92 Å². The lowest BCUT2D eigenvalue weighted by Crippen LogP contribution is -2.59. The number of piperazine rings is 1. The van der Waals surface area contributed by atoms with Gasteiger partial charge in [0.1, 0.15) is 24.1 Å². The highest BCUT2D eigenvalue weighted by Crippen LogP contribution is 2.48. The van der Waals surface area contributed by atoms with E-state index in [1.807, 2.05) is 18.2 Å². The molecule has 0 radical (unpaired) electrons. The lowest BCUT2D eigenvalue weighted by atomic mass is 9.69. The summed E-state index contributed by atoms with van der Waals surface area (Å²) in [6.45, 7) is 7.56. The Morgan fingerprint density at radius 2 is 1.57 bits per heavy atom. The normalized spacial score (nSPS) is 26.3. The van der Waals surface area contributed by atoms with Crippen molar-refractivity contribution in [2.45, 2.75) is 74.8 Å². The number of aromatic hydroxyl groups is 1. The monoisotopic (exact) mass is 823 g/mol. The number of nitrogens with one attached hydrogen (secondary N) is 1. The molecule has 0 aromatic heterocycles. The summed E-state index contributed by atoms with van der Waals surface area (Å²) in [4.78, 5) is 46.7. The molecule has 2 N–H and O–H groups in total. The Bertz CT molecular complexity index is 2340. The number of carbonyl (C=O) groups is 3.